The van der Waals surface area contributed by atoms with Crippen LogP contribution in [0.15, 0.2) is 72.3 Å². The number of allylic oxidation sites excluding steroid dienone is 4. The van der Waals surface area contributed by atoms with Crippen molar-refractivity contribution in [2.75, 3.05) is 6.61 Å². The van der Waals surface area contributed by atoms with Gasteiger partial charge in [0.25, 0.3) is 5.91 Å². The number of benzene rings is 2. The van der Waals surface area contributed by atoms with Crippen LogP contribution >= 0.6 is 0 Å². The van der Waals surface area contributed by atoms with Crippen molar-refractivity contribution < 1.29 is 23.1 Å². The molecule has 0 bridgehead atoms. The van der Waals surface area contributed by atoms with Crippen LogP contribution in [0.5, 0.6) is 0 Å². The number of aliphatic hydroxyl groups excluding tert-OH is 1. The van der Waals surface area contributed by atoms with Crippen molar-refractivity contribution in [1.82, 2.24) is 15.1 Å². The normalized spacial score (nSPS) is 19.8. The van der Waals surface area contributed by atoms with Gasteiger partial charge in [0, 0.05) is 24.0 Å². The maximum absolute atomic E-state index is 15.0. The van der Waals surface area contributed by atoms with Gasteiger partial charge in [0.05, 0.1) is 18.3 Å². The molecule has 1 aromatic heterocycles. The number of aromatic nitrogens is 2. The van der Waals surface area contributed by atoms with E-state index in [4.69, 9.17) is 0 Å². The van der Waals surface area contributed by atoms with Gasteiger partial charge >= 0.3 is 0 Å². The molecule has 8 heteroatoms. The highest BCUT2D eigenvalue weighted by atomic mass is 19.1. The van der Waals surface area contributed by atoms with Crippen LogP contribution in [0.3, 0.4) is 0 Å². The van der Waals surface area contributed by atoms with E-state index in [9.17, 15) is 18.7 Å². The lowest BCUT2D eigenvalue weighted by Crippen LogP contribution is -2.31. The first-order chi connectivity index (χ1) is 18.4. The number of hydrogen-bond donors (Lipinski definition) is 2. The molecule has 0 saturated heterocycles. The van der Waals surface area contributed by atoms with Gasteiger partial charge in [-0.1, -0.05) is 60.6 Å². The van der Waals surface area contributed by atoms with E-state index in [1.807, 2.05) is 36.4 Å². The van der Waals surface area contributed by atoms with Crippen LogP contribution in [0.2, 0.25) is 0 Å². The molecule has 198 valence electrons. The SMILES string of the molecule is O=C(N[C@H](CO)c1ccccc1)c1nn(-c2ccc(F)cc2F)c2c1CCCCC2CC1=CC=CC(F)C1. The fourth-order valence-electron chi connectivity index (χ4n) is 5.49. The van der Waals surface area contributed by atoms with Crippen molar-refractivity contribution >= 4 is 5.91 Å². The van der Waals surface area contributed by atoms with Gasteiger partial charge in [-0.25, -0.2) is 17.9 Å². The highest BCUT2D eigenvalue weighted by molar-refractivity contribution is 5.94. The Balaban J connectivity index is 1.58. The quantitative estimate of drug-likeness (QED) is 0.373. The highest BCUT2D eigenvalue weighted by Gasteiger charge is 2.32. The Morgan fingerprint density at radius 2 is 1.97 bits per heavy atom. The molecule has 1 amide bonds. The molecule has 0 spiro atoms. The third kappa shape index (κ3) is 5.45. The van der Waals surface area contributed by atoms with E-state index in [0.717, 1.165) is 42.5 Å². The molecule has 2 aliphatic carbocycles. The lowest BCUT2D eigenvalue weighted by Gasteiger charge is -2.22. The van der Waals surface area contributed by atoms with E-state index >= 15 is 4.39 Å². The molecular formula is C30H30F3N3O2. The molecule has 0 fully saturated rings. The number of hydrogen-bond acceptors (Lipinski definition) is 3. The molecule has 3 aromatic rings. The third-order valence-electron chi connectivity index (χ3n) is 7.30. The molecular weight excluding hydrogens is 491 g/mol. The topological polar surface area (TPSA) is 67.2 Å². The standard InChI is InChI=1S/C30H30F3N3O2/c31-22-11-6-7-19(16-22)15-21-10-4-5-12-24-28(30(38)34-26(18-37)20-8-2-1-3-9-20)35-36(29(21)24)27-14-13-23(32)17-25(27)33/h1-3,6-9,11,13-14,17,21-22,26,37H,4-5,10,12,15-16,18H2,(H,34,38)/t21?,22?,26-/m1/s1. The minimum absolute atomic E-state index is 0.0521. The van der Waals surface area contributed by atoms with Crippen LogP contribution in [-0.2, 0) is 6.42 Å². The predicted molar refractivity (Wildman–Crippen MR) is 139 cm³/mol. The molecule has 5 nitrogen and oxygen atoms in total. The number of amides is 1. The number of nitrogens with zero attached hydrogens (tertiary/aromatic N) is 2. The van der Waals surface area contributed by atoms with Crippen molar-refractivity contribution in [3.8, 4) is 5.69 Å². The minimum Gasteiger partial charge on any atom is -0.394 e. The maximum Gasteiger partial charge on any atom is 0.272 e. The number of nitrogens with one attached hydrogen (secondary N) is 1. The van der Waals surface area contributed by atoms with E-state index in [2.05, 4.69) is 10.4 Å². The number of carbonyl (C=O) groups excluding carboxylic acids is 1. The molecule has 2 aliphatic rings. The Morgan fingerprint density at radius 3 is 2.71 bits per heavy atom. The average Bonchev–Trinajstić information content (AvgIpc) is 3.16. The summed E-state index contributed by atoms with van der Waals surface area (Å²) in [6, 6.07) is 11.8. The Morgan fingerprint density at radius 1 is 1.16 bits per heavy atom. The highest BCUT2D eigenvalue weighted by Crippen LogP contribution is 2.39. The Labute approximate surface area is 219 Å². The van der Waals surface area contributed by atoms with Crippen molar-refractivity contribution in [3.05, 3.63) is 106 Å². The summed E-state index contributed by atoms with van der Waals surface area (Å²) in [4.78, 5) is 13.6. The van der Waals surface area contributed by atoms with Crippen LogP contribution in [-0.4, -0.2) is 33.6 Å². The molecule has 1 heterocycles. The van der Waals surface area contributed by atoms with Gasteiger partial charge in [-0.15, -0.1) is 0 Å². The fraction of sp³-hybridized carbons (Fsp3) is 0.333. The number of fused-ring (bicyclic) bond motifs is 1. The maximum atomic E-state index is 15.0. The van der Waals surface area contributed by atoms with Crippen LogP contribution in [0.25, 0.3) is 5.69 Å². The van der Waals surface area contributed by atoms with E-state index in [1.165, 1.54) is 16.8 Å². The lowest BCUT2D eigenvalue weighted by molar-refractivity contribution is 0.0909. The largest absolute Gasteiger partial charge is 0.394 e. The Bertz CT molecular complexity index is 1370. The Kier molecular flexibility index (Phi) is 7.79. The van der Waals surface area contributed by atoms with Crippen LogP contribution in [0.1, 0.15) is 71.4 Å². The fourth-order valence-corrected chi connectivity index (χ4v) is 5.49. The molecule has 0 saturated carbocycles. The summed E-state index contributed by atoms with van der Waals surface area (Å²) in [5, 5.41) is 17.4. The molecule has 3 atom stereocenters. The third-order valence-corrected chi connectivity index (χ3v) is 7.30. The van der Waals surface area contributed by atoms with Crippen molar-refractivity contribution in [3.63, 3.8) is 0 Å². The smallest absolute Gasteiger partial charge is 0.272 e. The number of aliphatic hydroxyl groups is 1. The summed E-state index contributed by atoms with van der Waals surface area (Å²) in [5.74, 6) is -2.10. The van der Waals surface area contributed by atoms with Crippen LogP contribution in [0, 0.1) is 11.6 Å². The van der Waals surface area contributed by atoms with Crippen LogP contribution in [0.4, 0.5) is 13.2 Å². The molecule has 38 heavy (non-hydrogen) atoms. The summed E-state index contributed by atoms with van der Waals surface area (Å²) in [7, 11) is 0. The van der Waals surface area contributed by atoms with Crippen molar-refractivity contribution in [2.45, 2.75) is 56.7 Å². The first-order valence-corrected chi connectivity index (χ1v) is 13.0. The zero-order valence-corrected chi connectivity index (χ0v) is 20.9. The zero-order valence-electron chi connectivity index (χ0n) is 20.9. The van der Waals surface area contributed by atoms with Gasteiger partial charge in [0.2, 0.25) is 0 Å². The summed E-state index contributed by atoms with van der Waals surface area (Å²) in [6.07, 6.45) is 7.99. The molecule has 5 rings (SSSR count). The minimum atomic E-state index is -1.05. The second-order valence-electron chi connectivity index (χ2n) is 9.92. The monoisotopic (exact) mass is 521 g/mol. The van der Waals surface area contributed by atoms with Gasteiger partial charge in [-0.3, -0.25) is 4.79 Å². The summed E-state index contributed by atoms with van der Waals surface area (Å²) >= 11 is 0. The summed E-state index contributed by atoms with van der Waals surface area (Å²) in [6.45, 7) is -0.306. The molecule has 2 aromatic carbocycles. The van der Waals surface area contributed by atoms with Crippen molar-refractivity contribution in [2.24, 2.45) is 0 Å². The number of carbonyl (C=O) groups is 1. The van der Waals surface area contributed by atoms with Crippen LogP contribution < -0.4 is 5.32 Å². The first-order valence-electron chi connectivity index (χ1n) is 13.0. The zero-order chi connectivity index (χ0) is 26.6. The molecule has 0 radical (unpaired) electrons. The first kappa shape index (κ1) is 26.0. The molecule has 0 aliphatic heterocycles. The van der Waals surface area contributed by atoms with Gasteiger partial charge < -0.3 is 10.4 Å². The van der Waals surface area contributed by atoms with Gasteiger partial charge in [-0.2, -0.15) is 5.10 Å². The number of halogens is 3. The van der Waals surface area contributed by atoms with Crippen molar-refractivity contribution in [1.29, 1.82) is 0 Å². The van der Waals surface area contributed by atoms with Gasteiger partial charge in [0.1, 0.15) is 17.7 Å². The summed E-state index contributed by atoms with van der Waals surface area (Å²) < 4.78 is 44.3. The van der Waals surface area contributed by atoms with E-state index in [1.54, 1.807) is 6.08 Å². The Hall–Kier alpha value is -3.65. The summed E-state index contributed by atoms with van der Waals surface area (Å²) in [5.41, 5.74) is 3.31. The van der Waals surface area contributed by atoms with Gasteiger partial charge in [-0.05, 0) is 43.4 Å². The van der Waals surface area contributed by atoms with E-state index < -0.39 is 29.8 Å². The lowest BCUT2D eigenvalue weighted by atomic mass is 9.87. The number of alkyl halides is 1. The average molecular weight is 522 g/mol. The molecule has 2 N–H and O–H groups in total. The van der Waals surface area contributed by atoms with Gasteiger partial charge in [0.15, 0.2) is 11.5 Å². The number of rotatable bonds is 7. The molecule has 2 unspecified atom stereocenters. The van der Waals surface area contributed by atoms with E-state index in [-0.39, 0.29) is 23.9 Å². The second kappa shape index (κ2) is 11.4. The predicted octanol–water partition coefficient (Wildman–Crippen LogP) is 6.04. The van der Waals surface area contributed by atoms with E-state index in [0.29, 0.717) is 30.5 Å². The second-order valence-corrected chi connectivity index (χ2v) is 9.92.